The van der Waals surface area contributed by atoms with Crippen LogP contribution in [0.2, 0.25) is 0 Å². The fourth-order valence-corrected chi connectivity index (χ4v) is 4.65. The number of hydrogen-bond acceptors (Lipinski definition) is 5. The van der Waals surface area contributed by atoms with Crippen molar-refractivity contribution in [1.29, 1.82) is 0 Å². The maximum absolute atomic E-state index is 4.22. The zero-order chi connectivity index (χ0) is 17.2. The first kappa shape index (κ1) is 16.7. The Kier molecular flexibility index (Phi) is 4.81. The maximum Gasteiger partial charge on any atom is 0.167 e. The van der Waals surface area contributed by atoms with Crippen molar-refractivity contribution >= 4 is 0 Å². The van der Waals surface area contributed by atoms with Gasteiger partial charge in [0.05, 0.1) is 6.04 Å². The van der Waals surface area contributed by atoms with E-state index >= 15 is 0 Å². The van der Waals surface area contributed by atoms with Gasteiger partial charge in [0.25, 0.3) is 0 Å². The Balaban J connectivity index is 1.42. The zero-order valence-electron chi connectivity index (χ0n) is 15.3. The Labute approximate surface area is 149 Å². The van der Waals surface area contributed by atoms with E-state index in [9.17, 15) is 0 Å². The van der Waals surface area contributed by atoms with Gasteiger partial charge in [-0.15, -0.1) is 5.10 Å². The van der Waals surface area contributed by atoms with Crippen LogP contribution in [-0.2, 0) is 13.6 Å². The number of tetrazole rings is 1. The third-order valence-corrected chi connectivity index (χ3v) is 6.02. The smallest absolute Gasteiger partial charge is 0.167 e. The van der Waals surface area contributed by atoms with Gasteiger partial charge < -0.3 is 0 Å². The van der Waals surface area contributed by atoms with E-state index in [1.807, 2.05) is 7.05 Å². The predicted molar refractivity (Wildman–Crippen MR) is 96.8 cm³/mol. The van der Waals surface area contributed by atoms with Gasteiger partial charge in [0.2, 0.25) is 0 Å². The molecule has 0 bridgehead atoms. The van der Waals surface area contributed by atoms with Gasteiger partial charge in [-0.2, -0.15) is 0 Å². The van der Waals surface area contributed by atoms with Crippen LogP contribution in [0.3, 0.4) is 0 Å². The number of fused-ring (bicyclic) bond motifs is 1. The molecule has 134 valence electrons. The highest BCUT2D eigenvalue weighted by atomic mass is 15.5. The molecule has 0 unspecified atom stereocenters. The molecule has 2 aliphatic rings. The maximum atomic E-state index is 4.22. The highest BCUT2D eigenvalue weighted by Crippen LogP contribution is 2.34. The third-order valence-electron chi connectivity index (χ3n) is 6.02. The minimum Gasteiger partial charge on any atom is -0.296 e. The number of aryl methyl sites for hydroxylation is 1. The van der Waals surface area contributed by atoms with E-state index in [1.165, 1.54) is 31.4 Å². The van der Waals surface area contributed by atoms with Crippen LogP contribution in [0.15, 0.2) is 30.3 Å². The van der Waals surface area contributed by atoms with E-state index < -0.39 is 0 Å². The van der Waals surface area contributed by atoms with E-state index in [0.29, 0.717) is 0 Å². The van der Waals surface area contributed by atoms with Gasteiger partial charge in [-0.25, -0.2) is 4.68 Å². The summed E-state index contributed by atoms with van der Waals surface area (Å²) in [6, 6.07) is 11.9. The van der Waals surface area contributed by atoms with Gasteiger partial charge in [0.15, 0.2) is 5.82 Å². The van der Waals surface area contributed by atoms with E-state index in [1.54, 1.807) is 4.68 Å². The van der Waals surface area contributed by atoms with E-state index in [0.717, 1.165) is 37.4 Å². The molecular formula is C19H28N6. The third kappa shape index (κ3) is 3.46. The minimum absolute atomic E-state index is 0.283. The SMILES string of the molecule is C[C@H](c1nnnn1C)N1CC[C@H]2[C@H](CCCN2Cc2ccccc2)C1. The lowest BCUT2D eigenvalue weighted by Gasteiger charge is -2.48. The molecule has 4 rings (SSSR count). The summed E-state index contributed by atoms with van der Waals surface area (Å²) in [5.74, 6) is 1.73. The van der Waals surface area contributed by atoms with Crippen LogP contribution in [0.4, 0.5) is 0 Å². The largest absolute Gasteiger partial charge is 0.296 e. The molecule has 6 nitrogen and oxygen atoms in total. The average molecular weight is 340 g/mol. The van der Waals surface area contributed by atoms with Crippen LogP contribution in [0.1, 0.15) is 43.6 Å². The number of hydrogen-bond donors (Lipinski definition) is 0. The van der Waals surface area contributed by atoms with E-state index in [4.69, 9.17) is 0 Å². The van der Waals surface area contributed by atoms with Crippen LogP contribution in [0.5, 0.6) is 0 Å². The van der Waals surface area contributed by atoms with Gasteiger partial charge in [0, 0.05) is 32.7 Å². The quantitative estimate of drug-likeness (QED) is 0.854. The molecule has 0 amide bonds. The fourth-order valence-electron chi connectivity index (χ4n) is 4.65. The average Bonchev–Trinajstić information content (AvgIpc) is 3.08. The first-order chi connectivity index (χ1) is 12.2. The molecule has 0 N–H and O–H groups in total. The van der Waals surface area contributed by atoms with Gasteiger partial charge >= 0.3 is 0 Å². The molecule has 1 aromatic carbocycles. The van der Waals surface area contributed by atoms with Crippen LogP contribution in [-0.4, -0.2) is 55.7 Å². The van der Waals surface area contributed by atoms with Gasteiger partial charge in [0.1, 0.15) is 0 Å². The number of benzene rings is 1. The summed E-state index contributed by atoms with van der Waals surface area (Å²) in [7, 11) is 1.93. The molecule has 0 radical (unpaired) electrons. The van der Waals surface area contributed by atoms with Crippen molar-refractivity contribution in [3.05, 3.63) is 41.7 Å². The lowest BCUT2D eigenvalue weighted by molar-refractivity contribution is 0.00366. The monoisotopic (exact) mass is 340 g/mol. The van der Waals surface area contributed by atoms with Crippen LogP contribution in [0, 0.1) is 5.92 Å². The molecule has 2 aromatic rings. The summed E-state index contributed by atoms with van der Waals surface area (Å²) in [6.45, 7) is 6.84. The zero-order valence-corrected chi connectivity index (χ0v) is 15.3. The summed E-state index contributed by atoms with van der Waals surface area (Å²) in [5.41, 5.74) is 1.43. The Morgan fingerprint density at radius 2 is 2.00 bits per heavy atom. The summed E-state index contributed by atoms with van der Waals surface area (Å²) < 4.78 is 1.80. The summed E-state index contributed by atoms with van der Waals surface area (Å²) in [5, 5.41) is 12.0. The Bertz CT molecular complexity index is 684. The number of rotatable bonds is 4. The summed E-state index contributed by atoms with van der Waals surface area (Å²) >= 11 is 0. The molecule has 6 heteroatoms. The van der Waals surface area contributed by atoms with Crippen molar-refractivity contribution in [1.82, 2.24) is 30.0 Å². The molecule has 3 atom stereocenters. The van der Waals surface area contributed by atoms with Crippen LogP contribution >= 0.6 is 0 Å². The van der Waals surface area contributed by atoms with Gasteiger partial charge in [-0.1, -0.05) is 30.3 Å². The number of likely N-dealkylation sites (tertiary alicyclic amines) is 2. The number of aromatic nitrogens is 4. The number of nitrogens with zero attached hydrogens (tertiary/aromatic N) is 6. The van der Waals surface area contributed by atoms with Crippen molar-refractivity contribution in [2.24, 2.45) is 13.0 Å². The van der Waals surface area contributed by atoms with Crippen molar-refractivity contribution < 1.29 is 0 Å². The Morgan fingerprint density at radius 1 is 1.16 bits per heavy atom. The minimum atomic E-state index is 0.283. The molecular weight excluding hydrogens is 312 g/mol. The van der Waals surface area contributed by atoms with E-state index in [-0.39, 0.29) is 6.04 Å². The predicted octanol–water partition coefficient (Wildman–Crippen LogP) is 2.26. The molecule has 3 heterocycles. The molecule has 25 heavy (non-hydrogen) atoms. The Morgan fingerprint density at radius 3 is 2.76 bits per heavy atom. The molecule has 0 spiro atoms. The topological polar surface area (TPSA) is 50.1 Å². The molecule has 2 saturated heterocycles. The normalized spacial score (nSPS) is 26.3. The van der Waals surface area contributed by atoms with Crippen molar-refractivity contribution in [3.8, 4) is 0 Å². The second-order valence-corrected chi connectivity index (χ2v) is 7.55. The lowest BCUT2D eigenvalue weighted by Crippen LogP contribution is -2.54. The molecule has 1 aromatic heterocycles. The van der Waals surface area contributed by atoms with Crippen molar-refractivity contribution in [3.63, 3.8) is 0 Å². The summed E-state index contributed by atoms with van der Waals surface area (Å²) in [6.07, 6.45) is 3.89. The highest BCUT2D eigenvalue weighted by molar-refractivity contribution is 5.15. The molecule has 2 aliphatic heterocycles. The highest BCUT2D eigenvalue weighted by Gasteiger charge is 2.37. The molecule has 0 aliphatic carbocycles. The molecule has 0 saturated carbocycles. The van der Waals surface area contributed by atoms with Crippen LogP contribution in [0.25, 0.3) is 0 Å². The lowest BCUT2D eigenvalue weighted by atomic mass is 9.83. The molecule has 2 fully saturated rings. The second-order valence-electron chi connectivity index (χ2n) is 7.55. The number of piperidine rings is 2. The fraction of sp³-hybridized carbons (Fsp3) is 0.632. The van der Waals surface area contributed by atoms with Crippen molar-refractivity contribution in [2.45, 2.75) is 44.8 Å². The van der Waals surface area contributed by atoms with Crippen molar-refractivity contribution in [2.75, 3.05) is 19.6 Å². The standard InChI is InChI=1S/C19H28N6/c1-15(19-20-21-22-23(19)2)24-12-10-18-17(14-24)9-6-11-25(18)13-16-7-4-3-5-8-16/h3-5,7-8,15,17-18H,6,9-14H2,1-2H3/t15-,17-,18+/m1/s1. The van der Waals surface area contributed by atoms with E-state index in [2.05, 4.69) is 62.6 Å². The van der Waals surface area contributed by atoms with Gasteiger partial charge in [-0.3, -0.25) is 9.80 Å². The first-order valence-corrected chi connectivity index (χ1v) is 9.46. The second kappa shape index (κ2) is 7.22. The Hall–Kier alpha value is -1.79. The van der Waals surface area contributed by atoms with Gasteiger partial charge in [-0.05, 0) is 54.6 Å². The first-order valence-electron chi connectivity index (χ1n) is 9.46. The summed E-state index contributed by atoms with van der Waals surface area (Å²) in [4.78, 5) is 5.29. The van der Waals surface area contributed by atoms with Crippen LogP contribution < -0.4 is 0 Å².